The third-order valence-electron chi connectivity index (χ3n) is 4.79. The van der Waals surface area contributed by atoms with E-state index in [2.05, 4.69) is 4.98 Å². The van der Waals surface area contributed by atoms with Gasteiger partial charge in [-0.3, -0.25) is 4.79 Å². The Morgan fingerprint density at radius 2 is 2.16 bits per heavy atom. The molecular weight excluding hydrogens is 346 g/mol. The number of fused-ring (bicyclic) bond motifs is 1. The molecule has 0 radical (unpaired) electrons. The highest BCUT2D eigenvalue weighted by molar-refractivity contribution is 7.15. The Balaban J connectivity index is 1.57. The third-order valence-corrected chi connectivity index (χ3v) is 5.54. The van der Waals surface area contributed by atoms with Crippen LogP contribution in [-0.2, 0) is 9.53 Å². The Kier molecular flexibility index (Phi) is 4.30. The maximum atomic E-state index is 12.8. The monoisotopic (exact) mass is 365 g/mol. The predicted molar refractivity (Wildman–Crippen MR) is 92.1 cm³/mol. The van der Waals surface area contributed by atoms with Crippen LogP contribution in [0.2, 0.25) is 0 Å². The topological polar surface area (TPSA) is 93.2 Å². The van der Waals surface area contributed by atoms with Gasteiger partial charge in [-0.2, -0.15) is 9.38 Å². The van der Waals surface area contributed by atoms with Crippen molar-refractivity contribution in [3.8, 4) is 0 Å². The van der Waals surface area contributed by atoms with E-state index in [0.29, 0.717) is 50.2 Å². The molecule has 2 saturated heterocycles. The van der Waals surface area contributed by atoms with Gasteiger partial charge >= 0.3 is 5.82 Å². The van der Waals surface area contributed by atoms with Crippen molar-refractivity contribution in [3.63, 3.8) is 0 Å². The lowest BCUT2D eigenvalue weighted by Gasteiger charge is -2.36. The number of ether oxygens (including phenoxy) is 1. The van der Waals surface area contributed by atoms with Gasteiger partial charge in [0.25, 0.3) is 4.96 Å². The van der Waals surface area contributed by atoms with Gasteiger partial charge in [-0.1, -0.05) is 11.3 Å². The second-order valence-electron chi connectivity index (χ2n) is 6.29. The second-order valence-corrected chi connectivity index (χ2v) is 7.17. The molecule has 9 nitrogen and oxygen atoms in total. The molecule has 25 heavy (non-hydrogen) atoms. The minimum Gasteiger partial charge on any atom is -0.378 e. The first-order chi connectivity index (χ1) is 12.1. The van der Waals surface area contributed by atoms with Gasteiger partial charge in [0.2, 0.25) is 11.7 Å². The number of rotatable bonds is 3. The number of nitro groups is 1. The van der Waals surface area contributed by atoms with E-state index in [0.717, 1.165) is 12.8 Å². The summed E-state index contributed by atoms with van der Waals surface area (Å²) in [6.07, 6.45) is 3.29. The molecule has 1 unspecified atom stereocenters. The van der Waals surface area contributed by atoms with Crippen molar-refractivity contribution in [2.45, 2.75) is 12.8 Å². The van der Waals surface area contributed by atoms with Crippen LogP contribution in [-0.4, -0.2) is 64.5 Å². The number of carbonyl (C=O) groups excluding carboxylic acids is 1. The predicted octanol–water partition coefficient (Wildman–Crippen LogP) is 1.38. The zero-order valence-electron chi connectivity index (χ0n) is 13.7. The van der Waals surface area contributed by atoms with E-state index >= 15 is 0 Å². The molecule has 2 aliphatic heterocycles. The van der Waals surface area contributed by atoms with Gasteiger partial charge in [0.05, 0.1) is 19.1 Å². The zero-order valence-corrected chi connectivity index (χ0v) is 14.5. The van der Waals surface area contributed by atoms with Gasteiger partial charge in [0.1, 0.15) is 6.20 Å². The summed E-state index contributed by atoms with van der Waals surface area (Å²) in [4.78, 5) is 32.7. The van der Waals surface area contributed by atoms with Crippen molar-refractivity contribution < 1.29 is 14.5 Å². The Morgan fingerprint density at radius 3 is 2.92 bits per heavy atom. The molecule has 1 atom stereocenters. The Bertz CT molecular complexity index is 797. The SMILES string of the molecule is O=C(C1CCCN(c2nc3sccn3c2[N+](=O)[O-])C1)N1CCOCC1. The molecule has 2 aromatic rings. The minimum atomic E-state index is -0.393. The average molecular weight is 365 g/mol. The number of nitrogens with zero attached hydrogens (tertiary/aromatic N) is 5. The molecular formula is C15H19N5O4S. The number of hydrogen-bond donors (Lipinski definition) is 0. The maximum Gasteiger partial charge on any atom is 0.373 e. The van der Waals surface area contributed by atoms with Gasteiger partial charge in [-0.25, -0.2) is 0 Å². The van der Waals surface area contributed by atoms with Crippen molar-refractivity contribution in [1.29, 1.82) is 0 Å². The number of carbonyl (C=O) groups is 1. The van der Waals surface area contributed by atoms with E-state index in [1.54, 1.807) is 11.6 Å². The highest BCUT2D eigenvalue weighted by Crippen LogP contribution is 2.33. The number of thiazole rings is 1. The van der Waals surface area contributed by atoms with Crippen LogP contribution in [0, 0.1) is 16.0 Å². The Hall–Kier alpha value is -2.20. The second kappa shape index (κ2) is 6.60. The smallest absolute Gasteiger partial charge is 0.373 e. The molecule has 2 aromatic heterocycles. The fourth-order valence-corrected chi connectivity index (χ4v) is 4.26. The van der Waals surface area contributed by atoms with E-state index in [9.17, 15) is 14.9 Å². The van der Waals surface area contributed by atoms with Gasteiger partial charge in [0.15, 0.2) is 0 Å². The van der Waals surface area contributed by atoms with Crippen LogP contribution in [0.15, 0.2) is 11.6 Å². The molecule has 1 amide bonds. The van der Waals surface area contributed by atoms with Crippen LogP contribution in [0.3, 0.4) is 0 Å². The maximum absolute atomic E-state index is 12.8. The molecule has 0 aliphatic carbocycles. The number of imidazole rings is 1. The number of aromatic nitrogens is 2. The quantitative estimate of drug-likeness (QED) is 0.603. The highest BCUT2D eigenvalue weighted by Gasteiger charge is 2.35. The fourth-order valence-electron chi connectivity index (χ4n) is 3.56. The van der Waals surface area contributed by atoms with E-state index in [4.69, 9.17) is 4.74 Å². The van der Waals surface area contributed by atoms with Gasteiger partial charge < -0.3 is 24.7 Å². The average Bonchev–Trinajstić information content (AvgIpc) is 3.22. The summed E-state index contributed by atoms with van der Waals surface area (Å²) >= 11 is 1.37. The van der Waals surface area contributed by atoms with E-state index in [1.165, 1.54) is 15.7 Å². The molecule has 4 rings (SSSR count). The van der Waals surface area contributed by atoms with Crippen LogP contribution >= 0.6 is 11.3 Å². The van der Waals surface area contributed by atoms with Gasteiger partial charge in [-0.15, -0.1) is 0 Å². The van der Waals surface area contributed by atoms with Crippen molar-refractivity contribution >= 4 is 33.8 Å². The third kappa shape index (κ3) is 2.95. The first-order valence-corrected chi connectivity index (χ1v) is 9.24. The number of morpholine rings is 1. The van der Waals surface area contributed by atoms with Crippen LogP contribution in [0.4, 0.5) is 11.6 Å². The van der Waals surface area contributed by atoms with Crippen LogP contribution < -0.4 is 4.90 Å². The molecule has 0 spiro atoms. The molecule has 2 fully saturated rings. The molecule has 134 valence electrons. The van der Waals surface area contributed by atoms with Crippen LogP contribution in [0.1, 0.15) is 12.8 Å². The first kappa shape index (κ1) is 16.3. The van der Waals surface area contributed by atoms with Crippen molar-refractivity contribution in [3.05, 3.63) is 21.7 Å². The molecule has 0 N–H and O–H groups in total. The van der Waals surface area contributed by atoms with Gasteiger partial charge in [-0.05, 0) is 17.8 Å². The van der Waals surface area contributed by atoms with Gasteiger partial charge in [0, 0.05) is 31.6 Å². The Labute approximate surface area is 147 Å². The van der Waals surface area contributed by atoms with E-state index in [-0.39, 0.29) is 17.6 Å². The van der Waals surface area contributed by atoms with E-state index < -0.39 is 4.92 Å². The van der Waals surface area contributed by atoms with Crippen LogP contribution in [0.5, 0.6) is 0 Å². The van der Waals surface area contributed by atoms with Crippen molar-refractivity contribution in [1.82, 2.24) is 14.3 Å². The molecule has 0 bridgehead atoms. The molecule has 0 aromatic carbocycles. The van der Waals surface area contributed by atoms with Crippen molar-refractivity contribution in [2.75, 3.05) is 44.3 Å². The lowest BCUT2D eigenvalue weighted by molar-refractivity contribution is -0.389. The van der Waals surface area contributed by atoms with E-state index in [1.807, 2.05) is 9.80 Å². The Morgan fingerprint density at radius 1 is 1.36 bits per heavy atom. The van der Waals surface area contributed by atoms with Crippen LogP contribution in [0.25, 0.3) is 4.96 Å². The number of anilines is 1. The summed E-state index contributed by atoms with van der Waals surface area (Å²) < 4.78 is 6.81. The summed E-state index contributed by atoms with van der Waals surface area (Å²) in [5.74, 6) is 0.329. The lowest BCUT2D eigenvalue weighted by atomic mass is 9.96. The molecule has 0 saturated carbocycles. The number of hydrogen-bond acceptors (Lipinski definition) is 7. The summed E-state index contributed by atoms with van der Waals surface area (Å²) in [5.41, 5.74) is 0. The summed E-state index contributed by atoms with van der Waals surface area (Å²) in [5, 5.41) is 13.3. The summed E-state index contributed by atoms with van der Waals surface area (Å²) in [6.45, 7) is 3.54. The highest BCUT2D eigenvalue weighted by atomic mass is 32.1. The summed E-state index contributed by atoms with van der Waals surface area (Å²) in [6, 6.07) is 0. The molecule has 10 heteroatoms. The molecule has 4 heterocycles. The lowest BCUT2D eigenvalue weighted by Crippen LogP contribution is -2.48. The molecule has 2 aliphatic rings. The normalized spacial score (nSPS) is 21.7. The fraction of sp³-hybridized carbons (Fsp3) is 0.600. The van der Waals surface area contributed by atoms with Crippen molar-refractivity contribution in [2.24, 2.45) is 5.92 Å². The first-order valence-electron chi connectivity index (χ1n) is 8.36. The number of amides is 1. The zero-order chi connectivity index (χ0) is 17.4. The minimum absolute atomic E-state index is 0.0179. The number of piperidine rings is 1. The largest absolute Gasteiger partial charge is 0.378 e. The summed E-state index contributed by atoms with van der Waals surface area (Å²) in [7, 11) is 0. The standard InChI is InChI=1S/C15H19N5O4S/c21-14(17-4-7-24-8-5-17)11-2-1-3-18(10-11)12-13(20(22)23)19-6-9-25-15(19)16-12/h6,9,11H,1-5,7-8,10H2.